The van der Waals surface area contributed by atoms with E-state index in [9.17, 15) is 4.79 Å². The molecule has 1 N–H and O–H groups in total. The molecule has 0 spiro atoms. The Morgan fingerprint density at radius 1 is 1.47 bits per heavy atom. The standard InChI is InChI=1S/C12H12BrClN2O/c1-7(2)11(6-15)16-12(17)8-3-9(13)5-10(14)4-8/h3-5,7,11H,1-2H3,(H,16,17). The van der Waals surface area contributed by atoms with Crippen molar-refractivity contribution in [2.75, 3.05) is 0 Å². The van der Waals surface area contributed by atoms with Crippen LogP contribution < -0.4 is 5.32 Å². The first-order chi connectivity index (χ1) is 7.93. The Bertz CT molecular complexity index is 448. The van der Waals surface area contributed by atoms with E-state index < -0.39 is 6.04 Å². The lowest BCUT2D eigenvalue weighted by Gasteiger charge is -2.15. The minimum absolute atomic E-state index is 0.0616. The highest BCUT2D eigenvalue weighted by atomic mass is 79.9. The van der Waals surface area contributed by atoms with Crippen LogP contribution in [0.2, 0.25) is 5.02 Å². The summed E-state index contributed by atoms with van der Waals surface area (Å²) in [5, 5.41) is 12.0. The number of hydrogen-bond acceptors (Lipinski definition) is 2. The summed E-state index contributed by atoms with van der Waals surface area (Å²) in [5.41, 5.74) is 0.435. The molecule has 0 radical (unpaired) electrons. The van der Waals surface area contributed by atoms with Gasteiger partial charge in [0.05, 0.1) is 6.07 Å². The average molecular weight is 316 g/mol. The van der Waals surface area contributed by atoms with Gasteiger partial charge < -0.3 is 5.32 Å². The van der Waals surface area contributed by atoms with Crippen LogP contribution in [0, 0.1) is 17.2 Å². The lowest BCUT2D eigenvalue weighted by molar-refractivity contribution is 0.0937. The highest BCUT2D eigenvalue weighted by Gasteiger charge is 2.16. The van der Waals surface area contributed by atoms with Gasteiger partial charge >= 0.3 is 0 Å². The van der Waals surface area contributed by atoms with Crippen molar-refractivity contribution in [1.29, 1.82) is 5.26 Å². The Kier molecular flexibility index (Phi) is 4.98. The maximum atomic E-state index is 11.9. The van der Waals surface area contributed by atoms with Crippen LogP contribution >= 0.6 is 27.5 Å². The number of hydrogen-bond donors (Lipinski definition) is 1. The molecule has 0 aromatic heterocycles. The number of amides is 1. The molecule has 0 aliphatic carbocycles. The van der Waals surface area contributed by atoms with Crippen molar-refractivity contribution in [3.05, 3.63) is 33.3 Å². The molecule has 0 heterocycles. The van der Waals surface area contributed by atoms with E-state index in [0.29, 0.717) is 10.6 Å². The third kappa shape index (κ3) is 4.03. The quantitative estimate of drug-likeness (QED) is 0.929. The highest BCUT2D eigenvalue weighted by molar-refractivity contribution is 9.10. The van der Waals surface area contributed by atoms with Gasteiger partial charge in [-0.15, -0.1) is 0 Å². The molecular formula is C12H12BrClN2O. The van der Waals surface area contributed by atoms with E-state index in [1.54, 1.807) is 18.2 Å². The van der Waals surface area contributed by atoms with E-state index in [0.717, 1.165) is 4.47 Å². The van der Waals surface area contributed by atoms with Crippen LogP contribution in [0.15, 0.2) is 22.7 Å². The fraction of sp³-hybridized carbons (Fsp3) is 0.333. The largest absolute Gasteiger partial charge is 0.336 e. The van der Waals surface area contributed by atoms with E-state index in [2.05, 4.69) is 27.3 Å². The third-order valence-electron chi connectivity index (χ3n) is 2.22. The summed E-state index contributed by atoms with van der Waals surface area (Å²) in [4.78, 5) is 11.9. The summed E-state index contributed by atoms with van der Waals surface area (Å²) in [6.45, 7) is 3.75. The normalized spacial score (nSPS) is 12.0. The van der Waals surface area contributed by atoms with Gasteiger partial charge in [0, 0.05) is 15.1 Å². The molecule has 1 unspecified atom stereocenters. The van der Waals surface area contributed by atoms with Crippen LogP contribution in [0.3, 0.4) is 0 Å². The summed E-state index contributed by atoms with van der Waals surface area (Å²) < 4.78 is 0.730. The Morgan fingerprint density at radius 2 is 2.12 bits per heavy atom. The van der Waals surface area contributed by atoms with E-state index in [1.807, 2.05) is 13.8 Å². The number of carbonyl (C=O) groups excluding carboxylic acids is 1. The Hall–Kier alpha value is -1.05. The predicted octanol–water partition coefficient (Wildman–Crippen LogP) is 3.38. The lowest BCUT2D eigenvalue weighted by atomic mass is 10.1. The molecule has 1 aromatic carbocycles. The number of halogens is 2. The van der Waals surface area contributed by atoms with Crippen molar-refractivity contribution in [3.63, 3.8) is 0 Å². The molecule has 1 atom stereocenters. The Balaban J connectivity index is 2.87. The van der Waals surface area contributed by atoms with Crippen molar-refractivity contribution in [1.82, 2.24) is 5.32 Å². The SMILES string of the molecule is CC(C)C(C#N)NC(=O)c1cc(Cl)cc(Br)c1. The zero-order valence-electron chi connectivity index (χ0n) is 9.50. The number of rotatable bonds is 3. The molecule has 0 saturated carbocycles. The first-order valence-corrected chi connectivity index (χ1v) is 6.27. The molecule has 0 fully saturated rings. The van der Waals surface area contributed by atoms with Crippen molar-refractivity contribution in [2.45, 2.75) is 19.9 Å². The highest BCUT2D eigenvalue weighted by Crippen LogP contribution is 2.19. The summed E-state index contributed by atoms with van der Waals surface area (Å²) in [5.74, 6) is -0.236. The van der Waals surface area contributed by atoms with E-state index in [4.69, 9.17) is 16.9 Å². The maximum Gasteiger partial charge on any atom is 0.252 e. The van der Waals surface area contributed by atoms with Crippen molar-refractivity contribution < 1.29 is 4.79 Å². The third-order valence-corrected chi connectivity index (χ3v) is 2.89. The zero-order valence-corrected chi connectivity index (χ0v) is 11.8. The van der Waals surface area contributed by atoms with Gasteiger partial charge in [0.25, 0.3) is 5.91 Å². The topological polar surface area (TPSA) is 52.9 Å². The molecule has 0 bridgehead atoms. The zero-order chi connectivity index (χ0) is 13.0. The molecular weight excluding hydrogens is 304 g/mol. The number of benzene rings is 1. The molecule has 0 aliphatic heterocycles. The van der Waals surface area contributed by atoms with Crippen molar-refractivity contribution >= 4 is 33.4 Å². The average Bonchev–Trinajstić information content (AvgIpc) is 2.23. The number of nitriles is 1. The van der Waals surface area contributed by atoms with Gasteiger partial charge in [-0.1, -0.05) is 41.4 Å². The molecule has 5 heteroatoms. The fourth-order valence-electron chi connectivity index (χ4n) is 1.26. The van der Waals surface area contributed by atoms with Crippen LogP contribution in [0.1, 0.15) is 24.2 Å². The molecule has 17 heavy (non-hydrogen) atoms. The molecule has 1 amide bonds. The molecule has 90 valence electrons. The smallest absolute Gasteiger partial charge is 0.252 e. The van der Waals surface area contributed by atoms with E-state index in [-0.39, 0.29) is 11.8 Å². The second kappa shape index (κ2) is 6.04. The van der Waals surface area contributed by atoms with Gasteiger partial charge in [-0.05, 0) is 24.1 Å². The second-order valence-electron chi connectivity index (χ2n) is 3.98. The predicted molar refractivity (Wildman–Crippen MR) is 70.9 cm³/mol. The minimum atomic E-state index is -0.500. The van der Waals surface area contributed by atoms with Gasteiger partial charge in [0.15, 0.2) is 0 Å². The first kappa shape index (κ1) is 14.0. The Morgan fingerprint density at radius 3 is 2.59 bits per heavy atom. The summed E-state index contributed by atoms with van der Waals surface area (Å²) in [6, 6.07) is 6.48. The molecule has 0 saturated heterocycles. The van der Waals surface area contributed by atoms with Gasteiger partial charge in [-0.25, -0.2) is 0 Å². The number of nitrogens with one attached hydrogen (secondary N) is 1. The van der Waals surface area contributed by atoms with Gasteiger partial charge in [0.2, 0.25) is 0 Å². The van der Waals surface area contributed by atoms with E-state index >= 15 is 0 Å². The molecule has 1 rings (SSSR count). The van der Waals surface area contributed by atoms with Crippen LogP contribution in [0.25, 0.3) is 0 Å². The summed E-state index contributed by atoms with van der Waals surface area (Å²) in [7, 11) is 0. The lowest BCUT2D eigenvalue weighted by Crippen LogP contribution is -2.37. The van der Waals surface area contributed by atoms with Gasteiger partial charge in [-0.2, -0.15) is 5.26 Å². The number of nitrogens with zero attached hydrogens (tertiary/aromatic N) is 1. The van der Waals surface area contributed by atoms with Crippen LogP contribution in [-0.4, -0.2) is 11.9 Å². The molecule has 3 nitrogen and oxygen atoms in total. The summed E-state index contributed by atoms with van der Waals surface area (Å²) in [6.07, 6.45) is 0. The number of carbonyl (C=O) groups is 1. The first-order valence-electron chi connectivity index (χ1n) is 5.10. The second-order valence-corrected chi connectivity index (χ2v) is 5.33. The van der Waals surface area contributed by atoms with Crippen LogP contribution in [0.4, 0.5) is 0 Å². The molecule has 1 aromatic rings. The summed E-state index contributed by atoms with van der Waals surface area (Å²) >= 11 is 9.12. The van der Waals surface area contributed by atoms with Crippen LogP contribution in [-0.2, 0) is 0 Å². The minimum Gasteiger partial charge on any atom is -0.336 e. The molecule has 0 aliphatic rings. The van der Waals surface area contributed by atoms with E-state index in [1.165, 1.54) is 0 Å². The maximum absolute atomic E-state index is 11.9. The van der Waals surface area contributed by atoms with Gasteiger partial charge in [-0.3, -0.25) is 4.79 Å². The fourth-order valence-corrected chi connectivity index (χ4v) is 2.12. The Labute approximate surface area is 114 Å². The monoisotopic (exact) mass is 314 g/mol. The van der Waals surface area contributed by atoms with Gasteiger partial charge in [0.1, 0.15) is 6.04 Å². The van der Waals surface area contributed by atoms with Crippen molar-refractivity contribution in [3.8, 4) is 6.07 Å². The van der Waals surface area contributed by atoms with Crippen LogP contribution in [0.5, 0.6) is 0 Å². The van der Waals surface area contributed by atoms with Crippen molar-refractivity contribution in [2.24, 2.45) is 5.92 Å².